The summed E-state index contributed by atoms with van der Waals surface area (Å²) in [5.74, 6) is -1.64. The van der Waals surface area contributed by atoms with Gasteiger partial charge in [0.2, 0.25) is 0 Å². The Kier molecular flexibility index (Phi) is 11.5. The molecule has 1 N–H and O–H groups in total. The van der Waals surface area contributed by atoms with Gasteiger partial charge in [0.1, 0.15) is 19.3 Å². The second kappa shape index (κ2) is 17.2. The van der Waals surface area contributed by atoms with Gasteiger partial charge < -0.3 is 29.1 Å². The number of aryl methyl sites for hydroxylation is 1. The number of rotatable bonds is 10. The maximum Gasteiger partial charge on any atom is 0.414 e. The van der Waals surface area contributed by atoms with E-state index in [1.165, 1.54) is 4.90 Å². The van der Waals surface area contributed by atoms with Crippen LogP contribution in [0.15, 0.2) is 97.1 Å². The van der Waals surface area contributed by atoms with Gasteiger partial charge in [0.05, 0.1) is 61.2 Å². The number of amides is 7. The lowest BCUT2D eigenvalue weighted by Crippen LogP contribution is -2.41. The van der Waals surface area contributed by atoms with Crippen LogP contribution >= 0.6 is 0 Å². The highest BCUT2D eigenvalue weighted by Gasteiger charge is 2.41. The summed E-state index contributed by atoms with van der Waals surface area (Å²) in [6.07, 6.45) is -0.963. The Morgan fingerprint density at radius 3 is 1.47 bits per heavy atom. The van der Waals surface area contributed by atoms with E-state index in [1.54, 1.807) is 82.6 Å². The van der Waals surface area contributed by atoms with Crippen LogP contribution < -0.4 is 14.7 Å². The monoisotopic (exact) mass is 815 g/mol. The maximum absolute atomic E-state index is 12.6. The lowest BCUT2D eigenvalue weighted by molar-refractivity contribution is -0.126. The molecule has 0 aliphatic carbocycles. The van der Waals surface area contributed by atoms with Gasteiger partial charge in [0.25, 0.3) is 35.4 Å². The minimum absolute atomic E-state index is 0.00501. The molecule has 2 atom stereocenters. The van der Waals surface area contributed by atoms with Gasteiger partial charge in [-0.25, -0.2) is 4.79 Å². The van der Waals surface area contributed by atoms with Crippen LogP contribution in [0.1, 0.15) is 53.4 Å². The van der Waals surface area contributed by atoms with Crippen LogP contribution in [0.3, 0.4) is 0 Å². The number of imide groups is 2. The fourth-order valence-electron chi connectivity index (χ4n) is 7.71. The topological polar surface area (TPSA) is 184 Å². The summed E-state index contributed by atoms with van der Waals surface area (Å²) in [6, 6.07) is 28.0. The Morgan fingerprint density at radius 1 is 0.567 bits per heavy atom. The molecule has 4 aromatic carbocycles. The van der Waals surface area contributed by atoms with Gasteiger partial charge >= 0.3 is 6.09 Å². The third kappa shape index (κ3) is 8.12. The van der Waals surface area contributed by atoms with Gasteiger partial charge in [0, 0.05) is 30.2 Å². The van der Waals surface area contributed by atoms with Crippen LogP contribution in [-0.2, 0) is 30.2 Å². The number of hydrogen-bond donors (Lipinski definition) is 1. The van der Waals surface area contributed by atoms with Crippen molar-refractivity contribution < 1.29 is 52.9 Å². The van der Waals surface area contributed by atoms with Crippen LogP contribution in [-0.4, -0.2) is 128 Å². The second-order valence-corrected chi connectivity index (χ2v) is 14.7. The first kappa shape index (κ1) is 40.0. The van der Waals surface area contributed by atoms with E-state index < -0.39 is 18.3 Å². The zero-order valence-electron chi connectivity index (χ0n) is 32.4. The van der Waals surface area contributed by atoms with Crippen molar-refractivity contribution in [2.24, 2.45) is 0 Å². The normalized spacial score (nSPS) is 19.4. The average molecular weight is 816 g/mol. The molecule has 0 bridgehead atoms. The first-order chi connectivity index (χ1) is 29.1. The van der Waals surface area contributed by atoms with Crippen molar-refractivity contribution in [1.29, 1.82) is 0 Å². The van der Waals surface area contributed by atoms with Gasteiger partial charge in [-0.1, -0.05) is 36.4 Å². The van der Waals surface area contributed by atoms with E-state index in [9.17, 15) is 38.7 Å². The number of carbonyl (C=O) groups is 7. The number of β-amino-alcohol motifs (C(OH)–C–C–N with tert-alkyl or cyclic N) is 1. The molecular weight excluding hydrogens is 775 g/mol. The molecule has 0 unspecified atom stereocenters. The van der Waals surface area contributed by atoms with E-state index in [1.807, 2.05) is 24.3 Å². The van der Waals surface area contributed by atoms with Crippen LogP contribution in [0.25, 0.3) is 0 Å². The molecule has 9 rings (SSSR count). The van der Waals surface area contributed by atoms with E-state index in [2.05, 4.69) is 0 Å². The summed E-state index contributed by atoms with van der Waals surface area (Å²) in [5, 5.41) is 10.4. The third-order valence-electron chi connectivity index (χ3n) is 10.9. The number of cyclic esters (lactones) is 1. The van der Waals surface area contributed by atoms with E-state index in [-0.39, 0.29) is 68.3 Å². The first-order valence-corrected chi connectivity index (χ1v) is 19.6. The maximum atomic E-state index is 12.6. The van der Waals surface area contributed by atoms with E-state index in [0.29, 0.717) is 67.1 Å². The molecule has 0 aromatic heterocycles. The van der Waals surface area contributed by atoms with Crippen LogP contribution in [0, 0.1) is 0 Å². The number of benzene rings is 4. The van der Waals surface area contributed by atoms with Crippen molar-refractivity contribution in [2.45, 2.75) is 25.0 Å². The fourth-order valence-corrected chi connectivity index (χ4v) is 7.71. The number of hydrogen-bond acceptors (Lipinski definition) is 11. The SMILES string of the molecule is O=C1c2ccccc2C(=O)N1C[C@H](O)CCc1ccc(N2CCOCC2=O)cc1.O=C1c2ccccc2C(=O)N1C[C@H]1CN(c2ccc(N3CCOCC3=O)cc2)C(=O)O1. The summed E-state index contributed by atoms with van der Waals surface area (Å²) < 4.78 is 15.7. The number of anilines is 3. The molecule has 308 valence electrons. The molecule has 16 nitrogen and oxygen atoms in total. The fraction of sp³-hybridized carbons (Fsp3) is 0.295. The zero-order valence-corrected chi connectivity index (χ0v) is 32.4. The highest BCUT2D eigenvalue weighted by molar-refractivity contribution is 6.22. The molecule has 3 fully saturated rings. The molecule has 5 heterocycles. The van der Waals surface area contributed by atoms with Gasteiger partial charge in [-0.3, -0.25) is 43.5 Å². The van der Waals surface area contributed by atoms with E-state index in [4.69, 9.17) is 14.2 Å². The number of ether oxygens (including phenoxy) is 3. The van der Waals surface area contributed by atoms with E-state index >= 15 is 0 Å². The zero-order chi connectivity index (χ0) is 41.9. The molecule has 16 heteroatoms. The summed E-state index contributed by atoms with van der Waals surface area (Å²) in [7, 11) is 0. The Balaban J connectivity index is 0.000000167. The van der Waals surface area contributed by atoms with Gasteiger partial charge in [0.15, 0.2) is 0 Å². The lowest BCUT2D eigenvalue weighted by atomic mass is 10.1. The molecule has 5 aliphatic heterocycles. The number of aliphatic hydroxyl groups excluding tert-OH is 1. The van der Waals surface area contributed by atoms with Crippen molar-refractivity contribution in [2.75, 3.05) is 73.9 Å². The number of nitrogens with zero attached hydrogens (tertiary/aromatic N) is 5. The quantitative estimate of drug-likeness (QED) is 0.232. The molecule has 0 saturated carbocycles. The van der Waals surface area contributed by atoms with Crippen molar-refractivity contribution >= 4 is 58.6 Å². The van der Waals surface area contributed by atoms with E-state index in [0.717, 1.165) is 26.7 Å². The lowest BCUT2D eigenvalue weighted by Gasteiger charge is -2.27. The molecule has 5 aliphatic rings. The van der Waals surface area contributed by atoms with Gasteiger partial charge in [-0.05, 0) is 79.1 Å². The Bertz CT molecular complexity index is 2280. The molecule has 0 spiro atoms. The molecule has 3 saturated heterocycles. The summed E-state index contributed by atoms with van der Waals surface area (Å²) in [6.45, 7) is 2.36. The summed E-state index contributed by atoms with van der Waals surface area (Å²) >= 11 is 0. The second-order valence-electron chi connectivity index (χ2n) is 14.7. The van der Waals surface area contributed by atoms with Crippen LogP contribution in [0.4, 0.5) is 21.9 Å². The Hall–Kier alpha value is -6.75. The predicted molar refractivity (Wildman–Crippen MR) is 215 cm³/mol. The third-order valence-corrected chi connectivity index (χ3v) is 10.9. The molecule has 60 heavy (non-hydrogen) atoms. The predicted octanol–water partition coefficient (Wildman–Crippen LogP) is 3.31. The van der Waals surface area contributed by atoms with Crippen LogP contribution in [0.5, 0.6) is 0 Å². The standard InChI is InChI=1S/C22H19N3O6.C22H22N2O5/c26-19-13-30-10-9-23(19)14-5-7-15(8-6-14)24-11-16(31-22(24)29)12-25-20(27)17-3-1-2-4-18(17)21(25)28;25-17(13-24-21(27)18-3-1-2-4-19(18)22(24)28)10-7-15-5-8-16(9-6-15)23-11-12-29-14-20(23)26/h1-8,16H,9-13H2;1-6,8-9,17,25H,7,10-14H2/t16-;17-/m11/s1. The summed E-state index contributed by atoms with van der Waals surface area (Å²) in [5.41, 5.74) is 4.68. The average Bonchev–Trinajstić information content (AvgIpc) is 3.85. The van der Waals surface area contributed by atoms with Crippen molar-refractivity contribution in [1.82, 2.24) is 9.80 Å². The first-order valence-electron chi connectivity index (χ1n) is 19.6. The highest BCUT2D eigenvalue weighted by Crippen LogP contribution is 2.29. The molecule has 7 amide bonds. The number of carbonyl (C=O) groups excluding carboxylic acids is 7. The van der Waals surface area contributed by atoms with Crippen molar-refractivity contribution in [3.05, 3.63) is 125 Å². The van der Waals surface area contributed by atoms with Crippen LogP contribution in [0.2, 0.25) is 0 Å². The Labute approximate surface area is 344 Å². The number of fused-ring (bicyclic) bond motifs is 2. The minimum Gasteiger partial charge on any atom is -0.442 e. The largest absolute Gasteiger partial charge is 0.442 e. The smallest absolute Gasteiger partial charge is 0.414 e. The molecular formula is C44H41N5O11. The highest BCUT2D eigenvalue weighted by atomic mass is 16.6. The molecule has 0 radical (unpaired) electrons. The van der Waals surface area contributed by atoms with Gasteiger partial charge in [-0.2, -0.15) is 0 Å². The molecule has 4 aromatic rings. The summed E-state index contributed by atoms with van der Waals surface area (Å²) in [4.78, 5) is 93.2. The van der Waals surface area contributed by atoms with Gasteiger partial charge in [-0.15, -0.1) is 0 Å². The minimum atomic E-state index is -0.808. The Morgan fingerprint density at radius 2 is 1.00 bits per heavy atom. The number of morpholine rings is 2. The number of aliphatic hydroxyl groups is 1. The van der Waals surface area contributed by atoms with Crippen molar-refractivity contribution in [3.63, 3.8) is 0 Å². The van der Waals surface area contributed by atoms with Crippen molar-refractivity contribution in [3.8, 4) is 0 Å².